The summed E-state index contributed by atoms with van der Waals surface area (Å²) in [7, 11) is -2.09. The maximum atomic E-state index is 12.7. The number of nitrogens with one attached hydrogen (secondary N) is 2. The second-order valence-electron chi connectivity index (χ2n) is 8.59. The molecule has 0 atom stereocenters. The smallest absolute Gasteiger partial charge is 0.263 e. The second kappa shape index (κ2) is 10.3. The van der Waals surface area contributed by atoms with Crippen LogP contribution in [-0.4, -0.2) is 49.3 Å². The number of carbonyl (C=O) groups excluding carboxylic acids is 2. The van der Waals surface area contributed by atoms with Crippen LogP contribution in [0.4, 0.5) is 5.69 Å². The molecule has 1 aliphatic rings. The Morgan fingerprint density at radius 2 is 1.73 bits per heavy atom. The number of aryl methyl sites for hydroxylation is 1. The standard InChI is InChI=1S/C23H30N4O5S/c1-16(2)21(28)25-18-6-8-19(9-7-18)33(31,32)24-15-17-10-13-27(14-11-17)23(30)20-5-4-12-26(3)22(20)29/h4-9,12,16-17,24H,10-11,13-15H2,1-3H3,(H,25,28). The molecule has 1 aromatic carbocycles. The average molecular weight is 475 g/mol. The number of aromatic nitrogens is 1. The molecule has 0 unspecified atom stereocenters. The van der Waals surface area contributed by atoms with Crippen LogP contribution in [0.5, 0.6) is 0 Å². The monoisotopic (exact) mass is 474 g/mol. The molecule has 2 N–H and O–H groups in total. The van der Waals surface area contributed by atoms with Gasteiger partial charge in [-0.15, -0.1) is 0 Å². The Bertz CT molecular complexity index is 1160. The molecule has 1 aliphatic heterocycles. The van der Waals surface area contributed by atoms with Crippen LogP contribution in [-0.2, 0) is 21.9 Å². The maximum absolute atomic E-state index is 12.7. The number of piperidine rings is 1. The predicted molar refractivity (Wildman–Crippen MR) is 125 cm³/mol. The number of rotatable bonds is 7. The third kappa shape index (κ3) is 6.08. The highest BCUT2D eigenvalue weighted by atomic mass is 32.2. The summed E-state index contributed by atoms with van der Waals surface area (Å²) in [5.74, 6) is -0.511. The van der Waals surface area contributed by atoms with E-state index in [1.54, 1.807) is 50.2 Å². The van der Waals surface area contributed by atoms with E-state index < -0.39 is 10.0 Å². The zero-order chi connectivity index (χ0) is 24.2. The van der Waals surface area contributed by atoms with E-state index in [9.17, 15) is 22.8 Å². The average Bonchev–Trinajstić information content (AvgIpc) is 2.80. The van der Waals surface area contributed by atoms with E-state index in [1.807, 2.05) is 0 Å². The Balaban J connectivity index is 1.52. The molecule has 0 saturated carbocycles. The number of sulfonamides is 1. The van der Waals surface area contributed by atoms with E-state index in [1.165, 1.54) is 22.8 Å². The Kier molecular flexibility index (Phi) is 7.70. The summed E-state index contributed by atoms with van der Waals surface area (Å²) in [6, 6.07) is 9.24. The molecule has 33 heavy (non-hydrogen) atoms. The van der Waals surface area contributed by atoms with Crippen LogP contribution >= 0.6 is 0 Å². The van der Waals surface area contributed by atoms with Crippen molar-refractivity contribution in [3.05, 3.63) is 58.5 Å². The fourth-order valence-electron chi connectivity index (χ4n) is 3.59. The first-order valence-corrected chi connectivity index (χ1v) is 12.4. The zero-order valence-corrected chi connectivity index (χ0v) is 19.9. The first kappa shape index (κ1) is 24.7. The van der Waals surface area contributed by atoms with Gasteiger partial charge in [0.1, 0.15) is 5.56 Å². The third-order valence-electron chi connectivity index (χ3n) is 5.77. The Morgan fingerprint density at radius 1 is 1.09 bits per heavy atom. The molecule has 2 aromatic rings. The topological polar surface area (TPSA) is 118 Å². The van der Waals surface area contributed by atoms with Crippen LogP contribution in [0.1, 0.15) is 37.0 Å². The van der Waals surface area contributed by atoms with Gasteiger partial charge < -0.3 is 14.8 Å². The van der Waals surface area contributed by atoms with E-state index in [-0.39, 0.29) is 46.2 Å². The van der Waals surface area contributed by atoms with Gasteiger partial charge in [-0.05, 0) is 55.2 Å². The van der Waals surface area contributed by atoms with E-state index in [0.29, 0.717) is 31.6 Å². The van der Waals surface area contributed by atoms with Crippen molar-refractivity contribution >= 4 is 27.5 Å². The lowest BCUT2D eigenvalue weighted by Gasteiger charge is -2.32. The fourth-order valence-corrected chi connectivity index (χ4v) is 4.70. The van der Waals surface area contributed by atoms with Gasteiger partial charge in [-0.1, -0.05) is 13.8 Å². The first-order chi connectivity index (χ1) is 15.6. The summed E-state index contributed by atoms with van der Waals surface area (Å²) in [6.45, 7) is 4.76. The van der Waals surface area contributed by atoms with E-state index >= 15 is 0 Å². The highest BCUT2D eigenvalue weighted by Gasteiger charge is 2.26. The van der Waals surface area contributed by atoms with Gasteiger partial charge in [0, 0.05) is 44.5 Å². The molecule has 3 rings (SSSR count). The van der Waals surface area contributed by atoms with Crippen molar-refractivity contribution in [2.45, 2.75) is 31.6 Å². The van der Waals surface area contributed by atoms with Gasteiger partial charge in [0.2, 0.25) is 15.9 Å². The molecule has 2 heterocycles. The number of carbonyl (C=O) groups is 2. The fraction of sp³-hybridized carbons (Fsp3) is 0.435. The number of pyridine rings is 1. The van der Waals surface area contributed by atoms with Gasteiger partial charge in [0.05, 0.1) is 4.90 Å². The van der Waals surface area contributed by atoms with Crippen LogP contribution in [0.15, 0.2) is 52.3 Å². The van der Waals surface area contributed by atoms with Crippen molar-refractivity contribution in [3.63, 3.8) is 0 Å². The summed E-state index contributed by atoms with van der Waals surface area (Å²) >= 11 is 0. The number of nitrogens with zero attached hydrogens (tertiary/aromatic N) is 2. The van der Waals surface area contributed by atoms with Crippen molar-refractivity contribution in [1.29, 1.82) is 0 Å². The Hall–Kier alpha value is -2.98. The van der Waals surface area contributed by atoms with Gasteiger partial charge in [-0.25, -0.2) is 13.1 Å². The van der Waals surface area contributed by atoms with Crippen LogP contribution in [0, 0.1) is 11.8 Å². The number of hydrogen-bond donors (Lipinski definition) is 2. The van der Waals surface area contributed by atoms with E-state index in [0.717, 1.165) is 0 Å². The van der Waals surface area contributed by atoms with Crippen molar-refractivity contribution in [2.24, 2.45) is 18.9 Å². The molecular formula is C23H30N4O5S. The molecule has 178 valence electrons. The summed E-state index contributed by atoms with van der Waals surface area (Å²) in [5, 5.41) is 2.73. The summed E-state index contributed by atoms with van der Waals surface area (Å²) in [5.41, 5.74) is 0.359. The van der Waals surface area contributed by atoms with E-state index in [2.05, 4.69) is 10.0 Å². The van der Waals surface area contributed by atoms with Gasteiger partial charge >= 0.3 is 0 Å². The lowest BCUT2D eigenvalue weighted by atomic mass is 9.97. The molecule has 1 aromatic heterocycles. The molecule has 2 amide bonds. The van der Waals surface area contributed by atoms with Crippen LogP contribution in [0.2, 0.25) is 0 Å². The summed E-state index contributed by atoms with van der Waals surface area (Å²) in [4.78, 5) is 38.4. The molecule has 10 heteroatoms. The quantitative estimate of drug-likeness (QED) is 0.635. The maximum Gasteiger partial charge on any atom is 0.263 e. The van der Waals surface area contributed by atoms with Crippen molar-refractivity contribution < 1.29 is 18.0 Å². The number of amides is 2. The van der Waals surface area contributed by atoms with Crippen LogP contribution in [0.25, 0.3) is 0 Å². The van der Waals surface area contributed by atoms with Gasteiger partial charge in [-0.2, -0.15) is 0 Å². The highest BCUT2D eigenvalue weighted by Crippen LogP contribution is 2.20. The SMILES string of the molecule is CC(C)C(=O)Nc1ccc(S(=O)(=O)NCC2CCN(C(=O)c3cccn(C)c3=O)CC2)cc1. The molecule has 1 saturated heterocycles. The van der Waals surface area contributed by atoms with Crippen LogP contribution in [0.3, 0.4) is 0 Å². The largest absolute Gasteiger partial charge is 0.338 e. The highest BCUT2D eigenvalue weighted by molar-refractivity contribution is 7.89. The minimum absolute atomic E-state index is 0.0898. The summed E-state index contributed by atoms with van der Waals surface area (Å²) < 4.78 is 29.3. The lowest BCUT2D eigenvalue weighted by molar-refractivity contribution is -0.118. The molecule has 0 aliphatic carbocycles. The number of likely N-dealkylation sites (tertiary alicyclic amines) is 1. The van der Waals surface area contributed by atoms with Crippen molar-refractivity contribution in [3.8, 4) is 0 Å². The molecule has 0 spiro atoms. The predicted octanol–water partition coefficient (Wildman–Crippen LogP) is 1.81. The zero-order valence-electron chi connectivity index (χ0n) is 19.1. The van der Waals surface area contributed by atoms with Crippen LogP contribution < -0.4 is 15.6 Å². The Labute approximate surface area is 193 Å². The third-order valence-corrected chi connectivity index (χ3v) is 7.21. The van der Waals surface area contributed by atoms with Gasteiger partial charge in [-0.3, -0.25) is 14.4 Å². The molecular weight excluding hydrogens is 444 g/mol. The lowest BCUT2D eigenvalue weighted by Crippen LogP contribution is -2.43. The van der Waals surface area contributed by atoms with Gasteiger partial charge in [0.25, 0.3) is 11.5 Å². The first-order valence-electron chi connectivity index (χ1n) is 10.9. The number of anilines is 1. The molecule has 9 nitrogen and oxygen atoms in total. The number of hydrogen-bond acceptors (Lipinski definition) is 5. The minimum Gasteiger partial charge on any atom is -0.338 e. The van der Waals surface area contributed by atoms with E-state index in [4.69, 9.17) is 0 Å². The second-order valence-corrected chi connectivity index (χ2v) is 10.4. The number of benzene rings is 1. The van der Waals surface area contributed by atoms with Crippen molar-refractivity contribution in [1.82, 2.24) is 14.2 Å². The van der Waals surface area contributed by atoms with Crippen molar-refractivity contribution in [2.75, 3.05) is 25.0 Å². The minimum atomic E-state index is -3.69. The molecule has 0 radical (unpaired) electrons. The molecule has 0 bridgehead atoms. The summed E-state index contributed by atoms with van der Waals surface area (Å²) in [6.07, 6.45) is 2.88. The Morgan fingerprint density at radius 3 is 2.33 bits per heavy atom. The molecule has 1 fully saturated rings. The normalized spacial score (nSPS) is 15.0. The van der Waals surface area contributed by atoms with Gasteiger partial charge in [0.15, 0.2) is 0 Å².